The molecule has 0 aliphatic rings. The number of nitrogens with one attached hydrogen (secondary N) is 1. The van der Waals surface area contributed by atoms with Crippen LogP contribution in [0.25, 0.3) is 0 Å². The molecule has 0 bridgehead atoms. The van der Waals surface area contributed by atoms with Crippen LogP contribution in [0.1, 0.15) is 17.4 Å². The summed E-state index contributed by atoms with van der Waals surface area (Å²) in [6.07, 6.45) is 6.91. The highest BCUT2D eigenvalue weighted by Crippen LogP contribution is 2.20. The first-order valence-electron chi connectivity index (χ1n) is 7.45. The van der Waals surface area contributed by atoms with Crippen LogP contribution in [-0.2, 0) is 11.8 Å². The number of hydrogen-bond donors (Lipinski definition) is 1. The third-order valence-corrected chi connectivity index (χ3v) is 4.30. The Morgan fingerprint density at radius 2 is 1.88 bits per heavy atom. The van der Waals surface area contributed by atoms with Crippen LogP contribution < -0.4 is 5.32 Å². The Hall–Kier alpha value is -2.67. The van der Waals surface area contributed by atoms with Gasteiger partial charge >= 0.3 is 0 Å². The number of carbonyl (C=O) groups excluding carboxylic acids is 1. The molecule has 1 N–H and O–H groups in total. The number of rotatable bonds is 6. The van der Waals surface area contributed by atoms with E-state index in [9.17, 15) is 4.79 Å². The normalized spacial score (nSPS) is 11.9. The number of thioether (sulfide) groups is 1. The minimum Gasteiger partial charge on any atom is -0.341 e. The van der Waals surface area contributed by atoms with Gasteiger partial charge < -0.3 is 9.88 Å². The third kappa shape index (κ3) is 3.99. The Morgan fingerprint density at radius 3 is 2.54 bits per heavy atom. The maximum atomic E-state index is 12.4. The van der Waals surface area contributed by atoms with E-state index in [1.165, 1.54) is 11.8 Å². The van der Waals surface area contributed by atoms with Gasteiger partial charge in [-0.15, -0.1) is 0 Å². The SMILES string of the molecule is Cn1ccnc1[C@@H](NC(=O)CSc1ncccn1)c1ccccc1. The number of benzene rings is 1. The summed E-state index contributed by atoms with van der Waals surface area (Å²) in [7, 11) is 1.91. The zero-order chi connectivity index (χ0) is 16.8. The standard InChI is InChI=1S/C17H17N5OS/c1-22-11-10-18-16(22)15(13-6-3-2-4-7-13)21-14(23)12-24-17-19-8-5-9-20-17/h2-11,15H,12H2,1H3,(H,21,23)/t15-/m0/s1. The van der Waals surface area contributed by atoms with E-state index in [-0.39, 0.29) is 17.7 Å². The van der Waals surface area contributed by atoms with Crippen molar-refractivity contribution in [1.29, 1.82) is 0 Å². The lowest BCUT2D eigenvalue weighted by Crippen LogP contribution is -2.32. The van der Waals surface area contributed by atoms with E-state index >= 15 is 0 Å². The average molecular weight is 339 g/mol. The molecular formula is C17H17N5OS. The molecule has 0 radical (unpaired) electrons. The number of carbonyl (C=O) groups is 1. The summed E-state index contributed by atoms with van der Waals surface area (Å²) >= 11 is 1.31. The van der Waals surface area contributed by atoms with E-state index in [4.69, 9.17) is 0 Å². The Bertz CT molecular complexity index is 791. The second-order valence-electron chi connectivity index (χ2n) is 5.13. The van der Waals surface area contributed by atoms with Gasteiger partial charge in [0.2, 0.25) is 5.91 Å². The lowest BCUT2D eigenvalue weighted by molar-refractivity contribution is -0.119. The summed E-state index contributed by atoms with van der Waals surface area (Å²) in [5.74, 6) is 0.942. The van der Waals surface area contributed by atoms with Crippen LogP contribution in [0.3, 0.4) is 0 Å². The molecule has 1 atom stereocenters. The van der Waals surface area contributed by atoms with Gasteiger partial charge in [-0.3, -0.25) is 4.79 Å². The Kier molecular flexibility index (Phi) is 5.22. The quantitative estimate of drug-likeness (QED) is 0.551. The monoisotopic (exact) mass is 339 g/mol. The molecule has 1 aromatic carbocycles. The largest absolute Gasteiger partial charge is 0.341 e. The van der Waals surface area contributed by atoms with Crippen molar-refractivity contribution in [2.45, 2.75) is 11.2 Å². The Morgan fingerprint density at radius 1 is 1.12 bits per heavy atom. The fraction of sp³-hybridized carbons (Fsp3) is 0.176. The van der Waals surface area contributed by atoms with Crippen LogP contribution in [0.5, 0.6) is 0 Å². The summed E-state index contributed by atoms with van der Waals surface area (Å²) in [5, 5.41) is 3.63. The van der Waals surface area contributed by atoms with Crippen LogP contribution >= 0.6 is 11.8 Å². The second-order valence-corrected chi connectivity index (χ2v) is 6.07. The van der Waals surface area contributed by atoms with E-state index in [1.54, 1.807) is 24.7 Å². The topological polar surface area (TPSA) is 72.7 Å². The fourth-order valence-corrected chi connectivity index (χ4v) is 2.90. The molecule has 24 heavy (non-hydrogen) atoms. The smallest absolute Gasteiger partial charge is 0.231 e. The molecule has 2 heterocycles. The molecule has 0 fully saturated rings. The molecule has 1 amide bonds. The number of nitrogens with zero attached hydrogens (tertiary/aromatic N) is 4. The maximum absolute atomic E-state index is 12.4. The molecule has 0 saturated carbocycles. The first-order valence-corrected chi connectivity index (χ1v) is 8.44. The van der Waals surface area contributed by atoms with Gasteiger partial charge in [-0.2, -0.15) is 0 Å². The van der Waals surface area contributed by atoms with Crippen LogP contribution in [0.4, 0.5) is 0 Å². The molecule has 3 rings (SSSR count). The van der Waals surface area contributed by atoms with E-state index in [1.807, 2.05) is 48.1 Å². The number of hydrogen-bond acceptors (Lipinski definition) is 5. The zero-order valence-electron chi connectivity index (χ0n) is 13.2. The molecule has 0 spiro atoms. The van der Waals surface area contributed by atoms with Crippen molar-refractivity contribution in [2.24, 2.45) is 7.05 Å². The van der Waals surface area contributed by atoms with E-state index in [2.05, 4.69) is 20.3 Å². The molecule has 0 saturated heterocycles. The molecule has 0 aliphatic carbocycles. The lowest BCUT2D eigenvalue weighted by Gasteiger charge is -2.19. The minimum absolute atomic E-state index is 0.0932. The maximum Gasteiger partial charge on any atom is 0.231 e. The zero-order valence-corrected chi connectivity index (χ0v) is 14.0. The highest BCUT2D eigenvalue weighted by molar-refractivity contribution is 7.99. The van der Waals surface area contributed by atoms with Gasteiger partial charge in [-0.1, -0.05) is 42.1 Å². The number of aromatic nitrogens is 4. The average Bonchev–Trinajstić information content (AvgIpc) is 3.05. The van der Waals surface area contributed by atoms with E-state index < -0.39 is 0 Å². The second kappa shape index (κ2) is 7.74. The van der Waals surface area contributed by atoms with Crippen LogP contribution in [0, 0.1) is 0 Å². The summed E-state index contributed by atoms with van der Waals surface area (Å²) in [5.41, 5.74) is 0.987. The fourth-order valence-electron chi connectivity index (χ4n) is 2.29. The molecule has 6 nitrogen and oxygen atoms in total. The van der Waals surface area contributed by atoms with Crippen molar-refractivity contribution in [1.82, 2.24) is 24.8 Å². The summed E-state index contributed by atoms with van der Waals surface area (Å²) in [4.78, 5) is 25.0. The molecule has 0 aliphatic heterocycles. The van der Waals surface area contributed by atoms with Gasteiger partial charge in [0.15, 0.2) is 5.16 Å². The molecule has 3 aromatic rings. The summed E-state index contributed by atoms with van der Waals surface area (Å²) in [6, 6.07) is 11.3. The first-order chi connectivity index (χ1) is 11.7. The minimum atomic E-state index is -0.295. The van der Waals surface area contributed by atoms with Crippen molar-refractivity contribution < 1.29 is 4.79 Å². The van der Waals surface area contributed by atoms with Crippen molar-refractivity contribution in [3.05, 3.63) is 72.6 Å². The van der Waals surface area contributed by atoms with Crippen molar-refractivity contribution in [2.75, 3.05) is 5.75 Å². The predicted molar refractivity (Wildman–Crippen MR) is 92.4 cm³/mol. The molecule has 2 aromatic heterocycles. The Labute approximate surface area is 144 Å². The molecular weight excluding hydrogens is 322 g/mol. The molecule has 122 valence electrons. The highest BCUT2D eigenvalue weighted by Gasteiger charge is 2.20. The highest BCUT2D eigenvalue weighted by atomic mass is 32.2. The Balaban J connectivity index is 1.72. The van der Waals surface area contributed by atoms with Gasteiger partial charge in [0.05, 0.1) is 5.75 Å². The molecule has 0 unspecified atom stereocenters. The van der Waals surface area contributed by atoms with E-state index in [0.29, 0.717) is 5.16 Å². The summed E-state index contributed by atoms with van der Waals surface area (Å²) in [6.45, 7) is 0. The molecule has 7 heteroatoms. The van der Waals surface area contributed by atoms with Crippen molar-refractivity contribution >= 4 is 17.7 Å². The number of amides is 1. The lowest BCUT2D eigenvalue weighted by atomic mass is 10.1. The van der Waals surface area contributed by atoms with Gasteiger partial charge in [0.25, 0.3) is 0 Å². The van der Waals surface area contributed by atoms with Crippen LogP contribution in [0.15, 0.2) is 66.3 Å². The summed E-state index contributed by atoms with van der Waals surface area (Å²) < 4.78 is 1.91. The van der Waals surface area contributed by atoms with Crippen molar-refractivity contribution in [3.8, 4) is 0 Å². The van der Waals surface area contributed by atoms with Crippen LogP contribution in [-0.4, -0.2) is 31.2 Å². The van der Waals surface area contributed by atoms with Gasteiger partial charge in [-0.05, 0) is 11.6 Å². The number of aryl methyl sites for hydroxylation is 1. The van der Waals surface area contributed by atoms with Crippen molar-refractivity contribution in [3.63, 3.8) is 0 Å². The van der Waals surface area contributed by atoms with Gasteiger partial charge in [-0.25, -0.2) is 15.0 Å². The van der Waals surface area contributed by atoms with Gasteiger partial charge in [0.1, 0.15) is 11.9 Å². The first kappa shape index (κ1) is 16.2. The van der Waals surface area contributed by atoms with E-state index in [0.717, 1.165) is 11.4 Å². The number of imidazole rings is 1. The third-order valence-electron chi connectivity index (χ3n) is 3.43. The van der Waals surface area contributed by atoms with Crippen LogP contribution in [0.2, 0.25) is 0 Å². The predicted octanol–water partition coefficient (Wildman–Crippen LogP) is 2.21. The van der Waals surface area contributed by atoms with Gasteiger partial charge in [0, 0.05) is 31.8 Å².